The molecule has 1 aromatic heterocycles. The largest absolute Gasteiger partial charge is 0.488 e. The average Bonchev–Trinajstić information content (AvgIpc) is 2.91. The Morgan fingerprint density at radius 1 is 1.19 bits per heavy atom. The van der Waals surface area contributed by atoms with Crippen molar-refractivity contribution in [3.05, 3.63) is 65.4 Å². The molecule has 3 aromatic rings. The van der Waals surface area contributed by atoms with Gasteiger partial charge in [-0.3, -0.25) is 0 Å². The molecular weight excluding hydrogens is 266 g/mol. The molecule has 0 saturated heterocycles. The third-order valence-electron chi connectivity index (χ3n) is 3.50. The number of aromatic carboxylic acids is 1. The number of H-pyrrole nitrogens is 1. The van der Waals surface area contributed by atoms with Crippen molar-refractivity contribution in [3.8, 4) is 5.75 Å². The van der Waals surface area contributed by atoms with Gasteiger partial charge in [-0.2, -0.15) is 0 Å². The molecule has 106 valence electrons. The molecule has 4 heteroatoms. The van der Waals surface area contributed by atoms with E-state index in [2.05, 4.69) is 4.98 Å². The number of aryl methyl sites for hydroxylation is 1. The fraction of sp³-hybridized carbons (Fsp3) is 0.118. The van der Waals surface area contributed by atoms with Gasteiger partial charge in [0.15, 0.2) is 0 Å². The summed E-state index contributed by atoms with van der Waals surface area (Å²) >= 11 is 0. The molecule has 0 aliphatic heterocycles. The van der Waals surface area contributed by atoms with Gasteiger partial charge in [-0.05, 0) is 36.2 Å². The smallest absolute Gasteiger partial charge is 0.352 e. The minimum absolute atomic E-state index is 0.164. The zero-order valence-corrected chi connectivity index (χ0v) is 11.6. The van der Waals surface area contributed by atoms with Crippen molar-refractivity contribution >= 4 is 16.9 Å². The number of hydrogen-bond acceptors (Lipinski definition) is 2. The van der Waals surface area contributed by atoms with E-state index in [0.717, 1.165) is 16.5 Å². The Morgan fingerprint density at radius 2 is 2.00 bits per heavy atom. The van der Waals surface area contributed by atoms with Gasteiger partial charge < -0.3 is 14.8 Å². The van der Waals surface area contributed by atoms with Crippen molar-refractivity contribution in [2.24, 2.45) is 0 Å². The van der Waals surface area contributed by atoms with E-state index in [0.29, 0.717) is 12.4 Å². The maximum absolute atomic E-state index is 11.0. The molecule has 0 aliphatic carbocycles. The van der Waals surface area contributed by atoms with E-state index in [4.69, 9.17) is 9.84 Å². The van der Waals surface area contributed by atoms with E-state index in [1.54, 1.807) is 6.07 Å². The lowest BCUT2D eigenvalue weighted by Gasteiger charge is -2.09. The van der Waals surface area contributed by atoms with Gasteiger partial charge in [0.2, 0.25) is 0 Å². The maximum atomic E-state index is 11.0. The number of benzene rings is 2. The van der Waals surface area contributed by atoms with Crippen LogP contribution in [0.15, 0.2) is 48.5 Å². The van der Waals surface area contributed by atoms with Crippen molar-refractivity contribution in [1.82, 2.24) is 4.98 Å². The standard InChI is InChI=1S/C17H15NO3/c1-11-5-2-3-6-12(11)10-21-16-8-4-7-14-13(16)9-15(18-14)17(19)20/h2-9,18H,10H2,1H3,(H,19,20). The number of carboxylic acid groups (broad SMARTS) is 1. The summed E-state index contributed by atoms with van der Waals surface area (Å²) in [7, 11) is 0. The zero-order chi connectivity index (χ0) is 14.8. The van der Waals surface area contributed by atoms with Crippen LogP contribution in [0.4, 0.5) is 0 Å². The van der Waals surface area contributed by atoms with Crippen LogP contribution in [0.1, 0.15) is 21.6 Å². The number of rotatable bonds is 4. The second kappa shape index (κ2) is 5.32. The molecule has 2 N–H and O–H groups in total. The molecule has 2 aromatic carbocycles. The third-order valence-corrected chi connectivity index (χ3v) is 3.50. The summed E-state index contributed by atoms with van der Waals surface area (Å²) < 4.78 is 5.87. The Morgan fingerprint density at radius 3 is 2.76 bits per heavy atom. The van der Waals surface area contributed by atoms with Crippen LogP contribution >= 0.6 is 0 Å². The fourth-order valence-electron chi connectivity index (χ4n) is 2.30. The number of carbonyl (C=O) groups is 1. The number of hydrogen-bond donors (Lipinski definition) is 2. The van der Waals surface area contributed by atoms with Gasteiger partial charge in [-0.15, -0.1) is 0 Å². The number of fused-ring (bicyclic) bond motifs is 1. The molecule has 3 rings (SSSR count). The maximum Gasteiger partial charge on any atom is 0.352 e. The topological polar surface area (TPSA) is 62.3 Å². The molecule has 4 nitrogen and oxygen atoms in total. The van der Waals surface area contributed by atoms with Crippen molar-refractivity contribution in [2.45, 2.75) is 13.5 Å². The van der Waals surface area contributed by atoms with Crippen molar-refractivity contribution < 1.29 is 14.6 Å². The minimum Gasteiger partial charge on any atom is -0.488 e. The van der Waals surface area contributed by atoms with E-state index in [1.165, 1.54) is 5.56 Å². The second-order valence-electron chi connectivity index (χ2n) is 4.92. The van der Waals surface area contributed by atoms with Crippen molar-refractivity contribution in [2.75, 3.05) is 0 Å². The normalized spacial score (nSPS) is 10.7. The van der Waals surface area contributed by atoms with Crippen LogP contribution in [0.2, 0.25) is 0 Å². The van der Waals surface area contributed by atoms with Crippen molar-refractivity contribution in [3.63, 3.8) is 0 Å². The lowest BCUT2D eigenvalue weighted by Crippen LogP contribution is -1.97. The zero-order valence-electron chi connectivity index (χ0n) is 11.6. The molecule has 1 heterocycles. The SMILES string of the molecule is Cc1ccccc1COc1cccc2[nH]c(C(=O)O)cc12. The van der Waals surface area contributed by atoms with Gasteiger partial charge >= 0.3 is 5.97 Å². The first-order valence-corrected chi connectivity index (χ1v) is 6.67. The van der Waals surface area contributed by atoms with Gasteiger partial charge in [-0.25, -0.2) is 4.79 Å². The summed E-state index contributed by atoms with van der Waals surface area (Å²) in [6.45, 7) is 2.50. The Labute approximate surface area is 122 Å². The molecule has 0 fully saturated rings. The van der Waals surface area contributed by atoms with E-state index in [1.807, 2.05) is 49.4 Å². The Kier molecular flexibility index (Phi) is 3.36. The van der Waals surface area contributed by atoms with Crippen LogP contribution in [0.5, 0.6) is 5.75 Å². The molecular formula is C17H15NO3. The van der Waals surface area contributed by atoms with Crippen LogP contribution in [-0.4, -0.2) is 16.1 Å². The highest BCUT2D eigenvalue weighted by Crippen LogP contribution is 2.27. The van der Waals surface area contributed by atoms with Crippen LogP contribution in [-0.2, 0) is 6.61 Å². The number of aromatic nitrogens is 1. The van der Waals surface area contributed by atoms with Crippen LogP contribution in [0, 0.1) is 6.92 Å². The predicted molar refractivity (Wildman–Crippen MR) is 80.8 cm³/mol. The molecule has 0 radical (unpaired) electrons. The third kappa shape index (κ3) is 2.60. The average molecular weight is 281 g/mol. The molecule has 0 aliphatic rings. The highest BCUT2D eigenvalue weighted by atomic mass is 16.5. The van der Waals surface area contributed by atoms with Gasteiger partial charge in [-0.1, -0.05) is 30.3 Å². The van der Waals surface area contributed by atoms with E-state index in [-0.39, 0.29) is 5.69 Å². The summed E-state index contributed by atoms with van der Waals surface area (Å²) in [5.41, 5.74) is 3.21. The van der Waals surface area contributed by atoms with E-state index >= 15 is 0 Å². The van der Waals surface area contributed by atoms with E-state index in [9.17, 15) is 4.79 Å². The molecule has 0 amide bonds. The van der Waals surface area contributed by atoms with Gasteiger partial charge in [0, 0.05) is 10.9 Å². The lowest BCUT2D eigenvalue weighted by molar-refractivity contribution is 0.0691. The first kappa shape index (κ1) is 13.2. The van der Waals surface area contributed by atoms with Gasteiger partial charge in [0.1, 0.15) is 18.1 Å². The summed E-state index contributed by atoms with van der Waals surface area (Å²) in [5.74, 6) is -0.296. The number of ether oxygens (including phenoxy) is 1. The monoisotopic (exact) mass is 281 g/mol. The Balaban J connectivity index is 1.90. The predicted octanol–water partition coefficient (Wildman–Crippen LogP) is 3.75. The fourth-order valence-corrected chi connectivity index (χ4v) is 2.30. The van der Waals surface area contributed by atoms with Crippen LogP contribution < -0.4 is 4.74 Å². The first-order valence-electron chi connectivity index (χ1n) is 6.67. The summed E-state index contributed by atoms with van der Waals surface area (Å²) in [5, 5.41) is 9.83. The van der Waals surface area contributed by atoms with Crippen molar-refractivity contribution in [1.29, 1.82) is 0 Å². The lowest BCUT2D eigenvalue weighted by atomic mass is 10.1. The van der Waals surface area contributed by atoms with Crippen LogP contribution in [0.3, 0.4) is 0 Å². The molecule has 0 bridgehead atoms. The quantitative estimate of drug-likeness (QED) is 0.765. The van der Waals surface area contributed by atoms with E-state index < -0.39 is 5.97 Å². The Hall–Kier alpha value is -2.75. The highest BCUT2D eigenvalue weighted by molar-refractivity contribution is 5.96. The second-order valence-corrected chi connectivity index (χ2v) is 4.92. The summed E-state index contributed by atoms with van der Waals surface area (Å²) in [6.07, 6.45) is 0. The van der Waals surface area contributed by atoms with Crippen LogP contribution in [0.25, 0.3) is 10.9 Å². The number of carboxylic acids is 1. The summed E-state index contributed by atoms with van der Waals surface area (Å²) in [6, 6.07) is 15.2. The highest BCUT2D eigenvalue weighted by Gasteiger charge is 2.11. The Bertz CT molecular complexity index is 805. The van der Waals surface area contributed by atoms with Gasteiger partial charge in [0.25, 0.3) is 0 Å². The summed E-state index contributed by atoms with van der Waals surface area (Å²) in [4.78, 5) is 13.9. The molecule has 0 saturated carbocycles. The first-order chi connectivity index (χ1) is 10.1. The molecule has 0 unspecified atom stereocenters. The molecule has 0 atom stereocenters. The minimum atomic E-state index is -0.976. The van der Waals surface area contributed by atoms with Gasteiger partial charge in [0.05, 0.1) is 0 Å². The molecule has 0 spiro atoms. The number of aromatic amines is 1. The number of nitrogens with one attached hydrogen (secondary N) is 1. The molecule has 21 heavy (non-hydrogen) atoms.